The molecule has 5 rings (SSSR count). The van der Waals surface area contributed by atoms with E-state index in [9.17, 15) is 19.1 Å². The highest BCUT2D eigenvalue weighted by molar-refractivity contribution is 5.99. The van der Waals surface area contributed by atoms with Gasteiger partial charge in [-0.3, -0.25) is 14.2 Å². The summed E-state index contributed by atoms with van der Waals surface area (Å²) < 4.78 is 15.0. The van der Waals surface area contributed by atoms with Crippen molar-refractivity contribution in [2.24, 2.45) is 10.2 Å². The zero-order valence-corrected chi connectivity index (χ0v) is 15.0. The Balaban J connectivity index is 1.51. The van der Waals surface area contributed by atoms with Crippen molar-refractivity contribution >= 4 is 33.4 Å². The number of carbonyl (C=O) groups excluding carboxylic acids is 1. The number of nitrogens with zero attached hydrogens (tertiary/aromatic N) is 4. The summed E-state index contributed by atoms with van der Waals surface area (Å²) in [6.45, 7) is 0.657. The van der Waals surface area contributed by atoms with Crippen LogP contribution in [0.5, 0.6) is 5.88 Å². The van der Waals surface area contributed by atoms with Gasteiger partial charge in [0.25, 0.3) is 11.5 Å². The fourth-order valence-electron chi connectivity index (χ4n) is 3.61. The number of aromatic amines is 1. The molecule has 2 N–H and O–H groups in total. The van der Waals surface area contributed by atoms with Gasteiger partial charge < -0.3 is 10.1 Å². The number of hydrogen-bond acceptors (Lipinski definition) is 5. The van der Waals surface area contributed by atoms with E-state index in [1.165, 1.54) is 30.3 Å². The van der Waals surface area contributed by atoms with Gasteiger partial charge in [0.2, 0.25) is 5.88 Å². The van der Waals surface area contributed by atoms with E-state index in [0.717, 1.165) is 12.8 Å². The average Bonchev–Trinajstić information content (AvgIpc) is 3.29. The first-order chi connectivity index (χ1) is 14.0. The Hall–Kier alpha value is -3.88. The lowest BCUT2D eigenvalue weighted by molar-refractivity contribution is 0.0995. The van der Waals surface area contributed by atoms with Crippen molar-refractivity contribution in [3.63, 3.8) is 0 Å². The molecular formula is C20H14FN5O3. The molecule has 29 heavy (non-hydrogen) atoms. The molecule has 1 aliphatic heterocycles. The van der Waals surface area contributed by atoms with Gasteiger partial charge in [0, 0.05) is 23.9 Å². The van der Waals surface area contributed by atoms with E-state index in [4.69, 9.17) is 0 Å². The third-order valence-electron chi connectivity index (χ3n) is 5.02. The van der Waals surface area contributed by atoms with Crippen molar-refractivity contribution in [3.05, 3.63) is 64.0 Å². The Morgan fingerprint density at radius 1 is 1.21 bits per heavy atom. The lowest BCUT2D eigenvalue weighted by Gasteiger charge is -2.05. The van der Waals surface area contributed by atoms with Crippen LogP contribution in [0.4, 0.5) is 10.1 Å². The molecule has 9 heteroatoms. The maximum Gasteiger partial charge on any atom is 0.295 e. The molecule has 2 aromatic heterocycles. The summed E-state index contributed by atoms with van der Waals surface area (Å²) in [6, 6.07) is 8.45. The van der Waals surface area contributed by atoms with Crippen LogP contribution < -0.4 is 5.56 Å². The van der Waals surface area contributed by atoms with Gasteiger partial charge in [0.05, 0.1) is 16.4 Å². The second-order valence-electron chi connectivity index (χ2n) is 6.84. The van der Waals surface area contributed by atoms with Gasteiger partial charge >= 0.3 is 0 Å². The number of rotatable bonds is 2. The van der Waals surface area contributed by atoms with Crippen LogP contribution in [0, 0.1) is 5.82 Å². The van der Waals surface area contributed by atoms with Crippen LogP contribution in [0.15, 0.2) is 51.4 Å². The fourth-order valence-corrected chi connectivity index (χ4v) is 3.61. The molecule has 0 atom stereocenters. The van der Waals surface area contributed by atoms with Crippen molar-refractivity contribution in [2.75, 3.05) is 0 Å². The second-order valence-corrected chi connectivity index (χ2v) is 6.84. The third-order valence-corrected chi connectivity index (χ3v) is 5.02. The molecule has 0 unspecified atom stereocenters. The SMILES string of the molecule is O=C(N=Nc1c(O)[nH]c2cc(F)ccc12)c1ccc2c(=O)n3c(nc2c1)CCC3. The summed E-state index contributed by atoms with van der Waals surface area (Å²) in [5.74, 6) is -0.717. The highest BCUT2D eigenvalue weighted by atomic mass is 19.1. The van der Waals surface area contributed by atoms with E-state index in [-0.39, 0.29) is 22.7 Å². The molecule has 0 radical (unpaired) electrons. The van der Waals surface area contributed by atoms with Gasteiger partial charge in [-0.1, -0.05) is 0 Å². The van der Waals surface area contributed by atoms with E-state index in [0.29, 0.717) is 34.2 Å². The van der Waals surface area contributed by atoms with Gasteiger partial charge in [-0.25, -0.2) is 9.37 Å². The van der Waals surface area contributed by atoms with Crippen LogP contribution in [0.3, 0.4) is 0 Å². The number of fused-ring (bicyclic) bond motifs is 3. The number of aryl methyl sites for hydroxylation is 1. The average molecular weight is 391 g/mol. The number of benzene rings is 2. The van der Waals surface area contributed by atoms with Crippen molar-refractivity contribution in [1.29, 1.82) is 0 Å². The Morgan fingerprint density at radius 2 is 2.03 bits per heavy atom. The van der Waals surface area contributed by atoms with Gasteiger partial charge in [0.15, 0.2) is 5.69 Å². The molecule has 0 bridgehead atoms. The van der Waals surface area contributed by atoms with E-state index < -0.39 is 11.7 Å². The molecule has 3 heterocycles. The second kappa shape index (κ2) is 6.33. The van der Waals surface area contributed by atoms with E-state index >= 15 is 0 Å². The minimum Gasteiger partial charge on any atom is -0.493 e. The number of halogens is 1. The van der Waals surface area contributed by atoms with Gasteiger partial charge in [-0.15, -0.1) is 10.2 Å². The molecule has 0 saturated heterocycles. The third kappa shape index (κ3) is 2.78. The van der Waals surface area contributed by atoms with Crippen molar-refractivity contribution in [3.8, 4) is 5.88 Å². The molecule has 4 aromatic rings. The minimum atomic E-state index is -0.648. The van der Waals surface area contributed by atoms with Gasteiger partial charge in [0.1, 0.15) is 11.6 Å². The van der Waals surface area contributed by atoms with Crippen LogP contribution in [0.1, 0.15) is 22.6 Å². The molecule has 0 saturated carbocycles. The van der Waals surface area contributed by atoms with Crippen molar-refractivity contribution < 1.29 is 14.3 Å². The molecule has 144 valence electrons. The van der Waals surface area contributed by atoms with Crippen LogP contribution in [0.2, 0.25) is 0 Å². The number of nitrogens with one attached hydrogen (secondary N) is 1. The molecule has 1 aliphatic rings. The zero-order valence-electron chi connectivity index (χ0n) is 15.0. The number of aromatic hydroxyl groups is 1. The Labute approximate surface area is 162 Å². The maximum absolute atomic E-state index is 13.3. The summed E-state index contributed by atoms with van der Waals surface area (Å²) in [7, 11) is 0. The topological polar surface area (TPSA) is 113 Å². The zero-order chi connectivity index (χ0) is 20.1. The lowest BCUT2D eigenvalue weighted by Crippen LogP contribution is -2.21. The molecule has 0 spiro atoms. The van der Waals surface area contributed by atoms with E-state index in [2.05, 4.69) is 20.2 Å². The Kier molecular flexibility index (Phi) is 3.76. The molecule has 0 fully saturated rings. The largest absolute Gasteiger partial charge is 0.493 e. The summed E-state index contributed by atoms with van der Waals surface area (Å²) in [5.41, 5.74) is 0.937. The number of amides is 1. The molecular weight excluding hydrogens is 377 g/mol. The highest BCUT2D eigenvalue weighted by Crippen LogP contribution is 2.35. The van der Waals surface area contributed by atoms with Gasteiger partial charge in [-0.05, 0) is 42.8 Å². The predicted molar refractivity (Wildman–Crippen MR) is 103 cm³/mol. The first-order valence-electron chi connectivity index (χ1n) is 9.01. The lowest BCUT2D eigenvalue weighted by atomic mass is 10.1. The number of aromatic nitrogens is 3. The van der Waals surface area contributed by atoms with E-state index in [1.807, 2.05) is 0 Å². The highest BCUT2D eigenvalue weighted by Gasteiger charge is 2.17. The number of azo groups is 1. The normalized spacial score (nSPS) is 13.6. The Morgan fingerprint density at radius 3 is 2.90 bits per heavy atom. The quantitative estimate of drug-likeness (QED) is 0.508. The molecule has 0 aliphatic carbocycles. The summed E-state index contributed by atoms with van der Waals surface area (Å²) in [6.07, 6.45) is 1.60. The summed E-state index contributed by atoms with van der Waals surface area (Å²) in [5, 5.41) is 18.4. The number of H-pyrrole nitrogens is 1. The summed E-state index contributed by atoms with van der Waals surface area (Å²) >= 11 is 0. The van der Waals surface area contributed by atoms with Crippen molar-refractivity contribution in [1.82, 2.24) is 14.5 Å². The van der Waals surface area contributed by atoms with Crippen LogP contribution in [-0.4, -0.2) is 25.5 Å². The monoisotopic (exact) mass is 391 g/mol. The van der Waals surface area contributed by atoms with Crippen molar-refractivity contribution in [2.45, 2.75) is 19.4 Å². The number of hydrogen-bond donors (Lipinski definition) is 2. The fraction of sp³-hybridized carbons (Fsp3) is 0.150. The molecule has 2 aromatic carbocycles. The predicted octanol–water partition coefficient (Wildman–Crippen LogP) is 3.59. The summed E-state index contributed by atoms with van der Waals surface area (Å²) in [4.78, 5) is 32.1. The smallest absolute Gasteiger partial charge is 0.295 e. The van der Waals surface area contributed by atoms with Gasteiger partial charge in [-0.2, -0.15) is 0 Å². The Bertz CT molecular complexity index is 1400. The molecule has 8 nitrogen and oxygen atoms in total. The first kappa shape index (κ1) is 17.2. The van der Waals surface area contributed by atoms with Crippen LogP contribution in [0.25, 0.3) is 21.8 Å². The standard InChI is InChI=1S/C20H14FN5O3/c21-11-4-6-12-15(9-11)23-19(28)17(12)24-25-18(27)10-3-5-13-14(8-10)22-16-2-1-7-26(16)20(13)29/h3-6,8-9,23,28H,1-2,7H2. The number of carbonyl (C=O) groups is 1. The van der Waals surface area contributed by atoms with Crippen LogP contribution >= 0.6 is 0 Å². The maximum atomic E-state index is 13.3. The molecule has 1 amide bonds. The van der Waals surface area contributed by atoms with Crippen LogP contribution in [-0.2, 0) is 13.0 Å². The first-order valence-corrected chi connectivity index (χ1v) is 9.01. The minimum absolute atomic E-state index is 0.0447. The van der Waals surface area contributed by atoms with E-state index in [1.54, 1.807) is 10.6 Å².